The number of hydrogen-bond acceptors (Lipinski definition) is 3. The van der Waals surface area contributed by atoms with Gasteiger partial charge in [-0.1, -0.05) is 54.6 Å². The lowest BCUT2D eigenvalue weighted by molar-refractivity contribution is 0.475. The standard InChI is InChI=1S/C25H22N2O/c1-2-26-22-13-11-18(12-14-22)21-16-24(19-7-4-3-5-8-19)27-25(17-21)20-9-6-10-23(28)15-20/h3-17,26,28H,2H2,1H3. The first-order valence-electron chi connectivity index (χ1n) is 9.44. The van der Waals surface area contributed by atoms with Gasteiger partial charge < -0.3 is 10.4 Å². The van der Waals surface area contributed by atoms with E-state index in [1.807, 2.05) is 30.3 Å². The van der Waals surface area contributed by atoms with Crippen molar-refractivity contribution in [2.75, 3.05) is 11.9 Å². The van der Waals surface area contributed by atoms with Crippen molar-refractivity contribution < 1.29 is 5.11 Å². The van der Waals surface area contributed by atoms with Gasteiger partial charge in [0.25, 0.3) is 0 Å². The van der Waals surface area contributed by atoms with Crippen LogP contribution in [0.25, 0.3) is 33.6 Å². The number of benzene rings is 3. The number of phenolic OH excluding ortho intramolecular Hbond substituents is 1. The summed E-state index contributed by atoms with van der Waals surface area (Å²) in [6.45, 7) is 2.98. The molecule has 1 aromatic heterocycles. The summed E-state index contributed by atoms with van der Waals surface area (Å²) in [5, 5.41) is 13.2. The van der Waals surface area contributed by atoms with E-state index in [9.17, 15) is 5.11 Å². The van der Waals surface area contributed by atoms with Crippen molar-refractivity contribution in [2.24, 2.45) is 0 Å². The molecule has 0 aliphatic heterocycles. The summed E-state index contributed by atoms with van der Waals surface area (Å²) >= 11 is 0. The van der Waals surface area contributed by atoms with Crippen LogP contribution in [0.1, 0.15) is 6.92 Å². The van der Waals surface area contributed by atoms with Crippen LogP contribution in [0, 0.1) is 0 Å². The second kappa shape index (κ2) is 7.97. The normalized spacial score (nSPS) is 10.6. The lowest BCUT2D eigenvalue weighted by Gasteiger charge is -2.11. The Morgan fingerprint density at radius 3 is 2.04 bits per heavy atom. The zero-order chi connectivity index (χ0) is 19.3. The van der Waals surface area contributed by atoms with Crippen molar-refractivity contribution in [1.82, 2.24) is 4.98 Å². The second-order valence-corrected chi connectivity index (χ2v) is 6.65. The smallest absolute Gasteiger partial charge is 0.116 e. The maximum atomic E-state index is 9.89. The summed E-state index contributed by atoms with van der Waals surface area (Å²) in [5.74, 6) is 0.237. The molecule has 3 nitrogen and oxygen atoms in total. The van der Waals surface area contributed by atoms with Crippen LogP contribution in [0.5, 0.6) is 5.75 Å². The molecule has 3 aromatic carbocycles. The Kier molecular flexibility index (Phi) is 5.07. The van der Waals surface area contributed by atoms with Crippen LogP contribution in [-0.2, 0) is 0 Å². The highest BCUT2D eigenvalue weighted by Crippen LogP contribution is 2.31. The zero-order valence-electron chi connectivity index (χ0n) is 15.8. The average molecular weight is 366 g/mol. The van der Waals surface area contributed by atoms with E-state index in [1.165, 1.54) is 0 Å². The first-order chi connectivity index (χ1) is 13.7. The number of phenols is 1. The Bertz CT molecular complexity index is 1070. The van der Waals surface area contributed by atoms with Crippen LogP contribution in [0.4, 0.5) is 5.69 Å². The first kappa shape index (κ1) is 17.8. The molecule has 0 unspecified atom stereocenters. The topological polar surface area (TPSA) is 45.2 Å². The zero-order valence-corrected chi connectivity index (χ0v) is 15.8. The molecule has 0 atom stereocenters. The van der Waals surface area contributed by atoms with Crippen molar-refractivity contribution in [2.45, 2.75) is 6.92 Å². The third kappa shape index (κ3) is 3.89. The molecule has 0 saturated carbocycles. The van der Waals surface area contributed by atoms with Crippen molar-refractivity contribution in [1.29, 1.82) is 0 Å². The number of pyridine rings is 1. The number of aromatic nitrogens is 1. The van der Waals surface area contributed by atoms with E-state index >= 15 is 0 Å². The Balaban J connectivity index is 1.84. The van der Waals surface area contributed by atoms with E-state index in [0.717, 1.165) is 45.9 Å². The summed E-state index contributed by atoms with van der Waals surface area (Å²) in [6, 6.07) is 30.0. The van der Waals surface area contributed by atoms with Gasteiger partial charge in [0.2, 0.25) is 0 Å². The number of rotatable bonds is 5. The van der Waals surface area contributed by atoms with E-state index in [2.05, 4.69) is 60.8 Å². The molecule has 0 radical (unpaired) electrons. The maximum Gasteiger partial charge on any atom is 0.116 e. The SMILES string of the molecule is CCNc1ccc(-c2cc(-c3ccccc3)nc(-c3cccc(O)c3)c2)cc1. The highest BCUT2D eigenvalue weighted by molar-refractivity contribution is 5.77. The van der Waals surface area contributed by atoms with Crippen LogP contribution in [0.15, 0.2) is 91.0 Å². The maximum absolute atomic E-state index is 9.89. The van der Waals surface area contributed by atoms with E-state index in [-0.39, 0.29) is 5.75 Å². The minimum absolute atomic E-state index is 0.237. The summed E-state index contributed by atoms with van der Waals surface area (Å²) in [6.07, 6.45) is 0. The van der Waals surface area contributed by atoms with Gasteiger partial charge >= 0.3 is 0 Å². The molecule has 1 heterocycles. The molecule has 0 spiro atoms. The Morgan fingerprint density at radius 1 is 0.679 bits per heavy atom. The molecule has 0 bridgehead atoms. The van der Waals surface area contributed by atoms with Gasteiger partial charge in [-0.3, -0.25) is 0 Å². The van der Waals surface area contributed by atoms with Gasteiger partial charge in [-0.2, -0.15) is 0 Å². The first-order valence-corrected chi connectivity index (χ1v) is 9.44. The van der Waals surface area contributed by atoms with E-state index in [4.69, 9.17) is 4.98 Å². The Hall–Kier alpha value is -3.59. The number of nitrogens with one attached hydrogen (secondary N) is 1. The van der Waals surface area contributed by atoms with E-state index in [0.29, 0.717) is 0 Å². The fraction of sp³-hybridized carbons (Fsp3) is 0.0800. The molecule has 0 aliphatic carbocycles. The molecule has 4 rings (SSSR count). The van der Waals surface area contributed by atoms with E-state index in [1.54, 1.807) is 12.1 Å². The predicted octanol–water partition coefficient (Wildman–Crippen LogP) is 6.22. The molecule has 0 fully saturated rings. The summed E-state index contributed by atoms with van der Waals surface area (Å²) in [7, 11) is 0. The second-order valence-electron chi connectivity index (χ2n) is 6.65. The minimum Gasteiger partial charge on any atom is -0.508 e. The van der Waals surface area contributed by atoms with Crippen LogP contribution in [0.3, 0.4) is 0 Å². The highest BCUT2D eigenvalue weighted by Gasteiger charge is 2.09. The van der Waals surface area contributed by atoms with Crippen molar-refractivity contribution in [3.05, 3.63) is 91.0 Å². The number of anilines is 1. The average Bonchev–Trinajstić information content (AvgIpc) is 2.75. The van der Waals surface area contributed by atoms with Crippen molar-refractivity contribution in [3.63, 3.8) is 0 Å². The van der Waals surface area contributed by atoms with Gasteiger partial charge in [0.15, 0.2) is 0 Å². The molecule has 0 saturated heterocycles. The summed E-state index contributed by atoms with van der Waals surface area (Å²) in [4.78, 5) is 4.86. The van der Waals surface area contributed by atoms with Crippen molar-refractivity contribution >= 4 is 5.69 Å². The van der Waals surface area contributed by atoms with Crippen LogP contribution in [0.2, 0.25) is 0 Å². The molecule has 0 amide bonds. The molecule has 3 heteroatoms. The molecular formula is C25H22N2O. The van der Waals surface area contributed by atoms with Gasteiger partial charge in [-0.25, -0.2) is 4.98 Å². The van der Waals surface area contributed by atoms with Crippen LogP contribution in [-0.4, -0.2) is 16.6 Å². The summed E-state index contributed by atoms with van der Waals surface area (Å²) in [5.41, 5.74) is 7.03. The fourth-order valence-electron chi connectivity index (χ4n) is 3.25. The molecule has 4 aromatic rings. The Labute approximate surface area is 165 Å². The largest absolute Gasteiger partial charge is 0.508 e. The van der Waals surface area contributed by atoms with Crippen LogP contribution < -0.4 is 5.32 Å². The predicted molar refractivity (Wildman–Crippen MR) is 116 cm³/mol. The third-order valence-electron chi connectivity index (χ3n) is 4.64. The molecular weight excluding hydrogens is 344 g/mol. The lowest BCUT2D eigenvalue weighted by atomic mass is 9.99. The monoisotopic (exact) mass is 366 g/mol. The highest BCUT2D eigenvalue weighted by atomic mass is 16.3. The van der Waals surface area contributed by atoms with Gasteiger partial charge in [-0.15, -0.1) is 0 Å². The van der Waals surface area contributed by atoms with Gasteiger partial charge in [0.1, 0.15) is 5.75 Å². The fourth-order valence-corrected chi connectivity index (χ4v) is 3.25. The van der Waals surface area contributed by atoms with Gasteiger partial charge in [-0.05, 0) is 54.4 Å². The molecule has 28 heavy (non-hydrogen) atoms. The Morgan fingerprint density at radius 2 is 1.36 bits per heavy atom. The quantitative estimate of drug-likeness (QED) is 0.441. The number of aromatic hydroxyl groups is 1. The summed E-state index contributed by atoms with van der Waals surface area (Å²) < 4.78 is 0. The van der Waals surface area contributed by atoms with Crippen LogP contribution >= 0.6 is 0 Å². The lowest BCUT2D eigenvalue weighted by Crippen LogP contribution is -1.95. The van der Waals surface area contributed by atoms with E-state index < -0.39 is 0 Å². The van der Waals surface area contributed by atoms with Gasteiger partial charge in [0.05, 0.1) is 11.4 Å². The molecule has 0 aliphatic rings. The minimum atomic E-state index is 0.237. The molecule has 138 valence electrons. The van der Waals surface area contributed by atoms with Gasteiger partial charge in [0, 0.05) is 23.4 Å². The molecule has 2 N–H and O–H groups in total. The van der Waals surface area contributed by atoms with Crippen molar-refractivity contribution in [3.8, 4) is 39.4 Å². The number of nitrogens with zero attached hydrogens (tertiary/aromatic N) is 1. The number of hydrogen-bond donors (Lipinski definition) is 2. The third-order valence-corrected chi connectivity index (χ3v) is 4.64.